The molecule has 3 rings (SSSR count). The van der Waals surface area contributed by atoms with Crippen LogP contribution in [0.1, 0.15) is 36.5 Å². The van der Waals surface area contributed by atoms with Crippen LogP contribution in [0.4, 0.5) is 0 Å². The summed E-state index contributed by atoms with van der Waals surface area (Å²) >= 11 is 0. The van der Waals surface area contributed by atoms with Crippen molar-refractivity contribution in [3.05, 3.63) is 57.4 Å². The lowest BCUT2D eigenvalue weighted by Crippen LogP contribution is -2.13. The van der Waals surface area contributed by atoms with Crippen molar-refractivity contribution in [2.75, 3.05) is 0 Å². The van der Waals surface area contributed by atoms with Crippen molar-refractivity contribution in [1.82, 2.24) is 10.3 Å². The monoisotopic (exact) mass is 254 g/mol. The molecule has 98 valence electrons. The summed E-state index contributed by atoms with van der Waals surface area (Å²) in [5.41, 5.74) is 5.31. The van der Waals surface area contributed by atoms with E-state index in [9.17, 15) is 4.79 Å². The first kappa shape index (κ1) is 12.2. The molecule has 1 aromatic heterocycles. The number of nitrogens with one attached hydrogen (secondary N) is 2. The number of H-pyrrole nitrogens is 1. The van der Waals surface area contributed by atoms with Crippen molar-refractivity contribution in [3.8, 4) is 11.3 Å². The standard InChI is InChI=1S/C16H18N2O/c1-10(2)11-3-5-12(6-4-11)15-7-13-8-17-9-14(13)16(19)18-15/h3-7,10,17H,8-9H2,1-2H3,(H,18,19). The van der Waals surface area contributed by atoms with E-state index in [0.29, 0.717) is 12.5 Å². The number of fused-ring (bicyclic) bond motifs is 1. The number of aromatic nitrogens is 1. The van der Waals surface area contributed by atoms with Gasteiger partial charge in [-0.1, -0.05) is 38.1 Å². The molecule has 0 amide bonds. The van der Waals surface area contributed by atoms with Crippen LogP contribution in [0.25, 0.3) is 11.3 Å². The van der Waals surface area contributed by atoms with Crippen molar-refractivity contribution in [2.45, 2.75) is 32.9 Å². The molecule has 0 unspecified atom stereocenters. The minimum absolute atomic E-state index is 0.0328. The maximum absolute atomic E-state index is 12.0. The Kier molecular flexibility index (Phi) is 2.99. The number of benzene rings is 1. The first-order valence-corrected chi connectivity index (χ1v) is 6.71. The van der Waals surface area contributed by atoms with E-state index in [1.54, 1.807) is 0 Å². The SMILES string of the molecule is CC(C)c1ccc(-c2cc3c(c(=O)[nH]2)CNC3)cc1. The third-order valence-electron chi connectivity index (χ3n) is 3.73. The molecule has 0 radical (unpaired) electrons. The number of hydrogen-bond donors (Lipinski definition) is 2. The molecular formula is C16H18N2O. The Morgan fingerprint density at radius 1 is 1.11 bits per heavy atom. The first-order chi connectivity index (χ1) is 9.15. The highest BCUT2D eigenvalue weighted by molar-refractivity contribution is 5.61. The van der Waals surface area contributed by atoms with Gasteiger partial charge in [-0.15, -0.1) is 0 Å². The normalized spacial score (nSPS) is 13.8. The molecule has 0 saturated heterocycles. The highest BCUT2D eigenvalue weighted by atomic mass is 16.1. The summed E-state index contributed by atoms with van der Waals surface area (Å²) in [6, 6.07) is 10.5. The number of hydrogen-bond acceptors (Lipinski definition) is 2. The fourth-order valence-corrected chi connectivity index (χ4v) is 2.52. The fraction of sp³-hybridized carbons (Fsp3) is 0.312. The van der Waals surface area contributed by atoms with E-state index in [-0.39, 0.29) is 5.56 Å². The molecule has 1 aliphatic heterocycles. The summed E-state index contributed by atoms with van der Waals surface area (Å²) < 4.78 is 0. The van der Waals surface area contributed by atoms with Crippen LogP contribution in [0.15, 0.2) is 35.1 Å². The Bertz CT molecular complexity index is 653. The molecule has 1 aromatic carbocycles. The maximum Gasteiger partial charge on any atom is 0.253 e. The lowest BCUT2D eigenvalue weighted by molar-refractivity contribution is 0.762. The van der Waals surface area contributed by atoms with Gasteiger partial charge in [-0.2, -0.15) is 0 Å². The molecule has 19 heavy (non-hydrogen) atoms. The second-order valence-corrected chi connectivity index (χ2v) is 5.40. The Balaban J connectivity index is 2.03. The van der Waals surface area contributed by atoms with Crippen LogP contribution >= 0.6 is 0 Å². The lowest BCUT2D eigenvalue weighted by Gasteiger charge is -2.08. The minimum Gasteiger partial charge on any atom is -0.322 e. The molecule has 2 aromatic rings. The van der Waals surface area contributed by atoms with Gasteiger partial charge >= 0.3 is 0 Å². The summed E-state index contributed by atoms with van der Waals surface area (Å²) in [7, 11) is 0. The van der Waals surface area contributed by atoms with Gasteiger partial charge in [0.15, 0.2) is 0 Å². The summed E-state index contributed by atoms with van der Waals surface area (Å²) in [4.78, 5) is 15.0. The Morgan fingerprint density at radius 3 is 2.53 bits per heavy atom. The first-order valence-electron chi connectivity index (χ1n) is 6.71. The van der Waals surface area contributed by atoms with Gasteiger partial charge in [0.25, 0.3) is 5.56 Å². The van der Waals surface area contributed by atoms with Crippen LogP contribution in [0.5, 0.6) is 0 Å². The highest BCUT2D eigenvalue weighted by Crippen LogP contribution is 2.23. The van der Waals surface area contributed by atoms with Gasteiger partial charge in [-0.3, -0.25) is 4.79 Å². The summed E-state index contributed by atoms with van der Waals surface area (Å²) in [6.45, 7) is 5.82. The molecule has 3 nitrogen and oxygen atoms in total. The zero-order valence-corrected chi connectivity index (χ0v) is 11.3. The summed E-state index contributed by atoms with van der Waals surface area (Å²) in [5.74, 6) is 0.525. The number of pyridine rings is 1. The quantitative estimate of drug-likeness (QED) is 0.865. The smallest absolute Gasteiger partial charge is 0.253 e. The minimum atomic E-state index is 0.0328. The van der Waals surface area contributed by atoms with Gasteiger partial charge in [0.2, 0.25) is 0 Å². The van der Waals surface area contributed by atoms with E-state index < -0.39 is 0 Å². The lowest BCUT2D eigenvalue weighted by atomic mass is 10.00. The Hall–Kier alpha value is -1.87. The molecule has 2 N–H and O–H groups in total. The van der Waals surface area contributed by atoms with Crippen molar-refractivity contribution in [3.63, 3.8) is 0 Å². The molecule has 0 saturated carbocycles. The Morgan fingerprint density at radius 2 is 1.84 bits per heavy atom. The van der Waals surface area contributed by atoms with Crippen LogP contribution in [-0.4, -0.2) is 4.98 Å². The van der Waals surface area contributed by atoms with Crippen LogP contribution in [0.3, 0.4) is 0 Å². The van der Waals surface area contributed by atoms with Crippen molar-refractivity contribution < 1.29 is 0 Å². The van der Waals surface area contributed by atoms with Crippen LogP contribution in [0, 0.1) is 0 Å². The summed E-state index contributed by atoms with van der Waals surface area (Å²) in [6.07, 6.45) is 0. The fourth-order valence-electron chi connectivity index (χ4n) is 2.52. The average molecular weight is 254 g/mol. The van der Waals surface area contributed by atoms with Gasteiger partial charge in [0.05, 0.1) is 0 Å². The molecule has 2 heterocycles. The van der Waals surface area contributed by atoms with Gasteiger partial charge in [0.1, 0.15) is 0 Å². The van der Waals surface area contributed by atoms with Crippen LogP contribution in [-0.2, 0) is 13.1 Å². The maximum atomic E-state index is 12.0. The third kappa shape index (κ3) is 2.22. The molecule has 0 spiro atoms. The van der Waals surface area contributed by atoms with E-state index in [1.807, 2.05) is 0 Å². The Labute approximate surface area is 112 Å². The predicted molar refractivity (Wildman–Crippen MR) is 77.1 cm³/mol. The number of rotatable bonds is 2. The van der Waals surface area contributed by atoms with Crippen molar-refractivity contribution in [2.24, 2.45) is 0 Å². The van der Waals surface area contributed by atoms with Gasteiger partial charge < -0.3 is 10.3 Å². The van der Waals surface area contributed by atoms with Gasteiger partial charge in [-0.05, 0) is 28.7 Å². The summed E-state index contributed by atoms with van der Waals surface area (Å²) in [5, 5.41) is 3.21. The van der Waals surface area contributed by atoms with E-state index in [1.165, 1.54) is 5.56 Å². The van der Waals surface area contributed by atoms with E-state index in [2.05, 4.69) is 54.5 Å². The zero-order valence-electron chi connectivity index (χ0n) is 11.3. The molecule has 0 aliphatic carbocycles. The van der Waals surface area contributed by atoms with Gasteiger partial charge in [0, 0.05) is 24.3 Å². The number of aromatic amines is 1. The average Bonchev–Trinajstić information content (AvgIpc) is 2.87. The zero-order chi connectivity index (χ0) is 13.4. The molecular weight excluding hydrogens is 236 g/mol. The second kappa shape index (κ2) is 4.67. The topological polar surface area (TPSA) is 44.9 Å². The van der Waals surface area contributed by atoms with E-state index >= 15 is 0 Å². The molecule has 0 bridgehead atoms. The van der Waals surface area contributed by atoms with E-state index in [4.69, 9.17) is 0 Å². The molecule has 0 atom stereocenters. The van der Waals surface area contributed by atoms with Crippen LogP contribution in [0.2, 0.25) is 0 Å². The van der Waals surface area contributed by atoms with Crippen LogP contribution < -0.4 is 10.9 Å². The highest BCUT2D eigenvalue weighted by Gasteiger charge is 2.15. The molecule has 1 aliphatic rings. The van der Waals surface area contributed by atoms with Gasteiger partial charge in [-0.25, -0.2) is 0 Å². The van der Waals surface area contributed by atoms with Crippen molar-refractivity contribution in [1.29, 1.82) is 0 Å². The second-order valence-electron chi connectivity index (χ2n) is 5.40. The van der Waals surface area contributed by atoms with E-state index in [0.717, 1.165) is 28.9 Å². The largest absolute Gasteiger partial charge is 0.322 e. The third-order valence-corrected chi connectivity index (χ3v) is 3.73. The van der Waals surface area contributed by atoms with Crippen molar-refractivity contribution >= 4 is 0 Å². The molecule has 0 fully saturated rings. The molecule has 3 heteroatoms. The predicted octanol–water partition coefficient (Wildman–Crippen LogP) is 2.77.